The molecule has 0 spiro atoms. The van der Waals surface area contributed by atoms with Gasteiger partial charge in [0.1, 0.15) is 6.04 Å². The van der Waals surface area contributed by atoms with Crippen molar-refractivity contribution in [3.8, 4) is 0 Å². The number of hydrogen-bond acceptors (Lipinski definition) is 4. The lowest BCUT2D eigenvalue weighted by Gasteiger charge is -2.19. The molecule has 7 heteroatoms. The number of para-hydroxylation sites is 1. The molecule has 6 nitrogen and oxygen atoms in total. The smallest absolute Gasteiger partial charge is 0.275 e. The molecule has 1 aromatic carbocycles. The highest BCUT2D eigenvalue weighted by Crippen LogP contribution is 2.28. The molecule has 1 aliphatic heterocycles. The second-order valence-electron chi connectivity index (χ2n) is 6.36. The van der Waals surface area contributed by atoms with Crippen LogP contribution in [0.3, 0.4) is 0 Å². The van der Waals surface area contributed by atoms with Crippen molar-refractivity contribution in [3.05, 3.63) is 29.3 Å². The molecule has 0 aliphatic carbocycles. The molecule has 0 saturated carbocycles. The van der Waals surface area contributed by atoms with Gasteiger partial charge in [-0.25, -0.2) is 4.98 Å². The molecule has 1 unspecified atom stereocenters. The summed E-state index contributed by atoms with van der Waals surface area (Å²) in [5.41, 5.74) is 1.03. The highest BCUT2D eigenvalue weighted by atomic mass is 32.1. The Labute approximate surface area is 145 Å². The van der Waals surface area contributed by atoms with Crippen LogP contribution in [0.5, 0.6) is 0 Å². The summed E-state index contributed by atoms with van der Waals surface area (Å²) in [5, 5.41) is 3.83. The van der Waals surface area contributed by atoms with E-state index in [0.29, 0.717) is 6.54 Å². The van der Waals surface area contributed by atoms with Gasteiger partial charge in [-0.2, -0.15) is 0 Å². The van der Waals surface area contributed by atoms with Gasteiger partial charge in [0.15, 0.2) is 11.6 Å². The maximum Gasteiger partial charge on any atom is 0.275 e. The van der Waals surface area contributed by atoms with Crippen LogP contribution in [-0.4, -0.2) is 55.4 Å². The third-order valence-electron chi connectivity index (χ3n) is 4.42. The van der Waals surface area contributed by atoms with E-state index in [1.54, 1.807) is 25.4 Å². The van der Waals surface area contributed by atoms with E-state index in [1.807, 2.05) is 18.2 Å². The molecule has 2 aromatic rings. The number of likely N-dealkylation sites (N-methyl/N-ethyl adjacent to an activating group) is 1. The lowest BCUT2D eigenvalue weighted by atomic mass is 10.2. The third kappa shape index (κ3) is 3.73. The van der Waals surface area contributed by atoms with Gasteiger partial charge in [-0.05, 0) is 12.1 Å². The van der Waals surface area contributed by atoms with Crippen molar-refractivity contribution in [3.63, 3.8) is 0 Å². The largest absolute Gasteiger partial charge is 0.347 e. The molecule has 2 heterocycles. The molecule has 1 aliphatic rings. The molecule has 2 atom stereocenters. The van der Waals surface area contributed by atoms with Crippen LogP contribution in [0, 0.1) is 0 Å². The van der Waals surface area contributed by atoms with E-state index in [0.717, 1.165) is 29.9 Å². The fourth-order valence-corrected chi connectivity index (χ4v) is 4.22. The summed E-state index contributed by atoms with van der Waals surface area (Å²) in [6, 6.07) is 8.42. The van der Waals surface area contributed by atoms with E-state index in [2.05, 4.69) is 11.4 Å². The Kier molecular flexibility index (Phi) is 5.11. The van der Waals surface area contributed by atoms with E-state index in [9.17, 15) is 9.59 Å². The van der Waals surface area contributed by atoms with Crippen molar-refractivity contribution in [2.75, 3.05) is 33.7 Å². The molecule has 0 radical (unpaired) electrons. The predicted molar refractivity (Wildman–Crippen MR) is 94.0 cm³/mol. The molecular formula is C17H23N4O2S+. The second-order valence-corrected chi connectivity index (χ2v) is 7.43. The highest BCUT2D eigenvalue weighted by molar-refractivity contribution is 7.18. The molecule has 1 saturated heterocycles. The number of nitrogens with zero attached hydrogens (tertiary/aromatic N) is 2. The minimum atomic E-state index is -0.0949. The summed E-state index contributed by atoms with van der Waals surface area (Å²) >= 11 is 1.72. The summed E-state index contributed by atoms with van der Waals surface area (Å²) in [7, 11) is 3.37. The minimum Gasteiger partial charge on any atom is -0.347 e. The quantitative estimate of drug-likeness (QED) is 0.813. The van der Waals surface area contributed by atoms with E-state index >= 15 is 0 Å². The fraction of sp³-hybridized carbons (Fsp3) is 0.471. The first-order valence-electron chi connectivity index (χ1n) is 8.21. The van der Waals surface area contributed by atoms with Crippen molar-refractivity contribution < 1.29 is 14.5 Å². The normalized spacial score (nSPS) is 20.2. The van der Waals surface area contributed by atoms with Crippen LogP contribution in [0.2, 0.25) is 0 Å². The number of hydrogen-bond donors (Lipinski definition) is 2. The number of thiazole rings is 1. The highest BCUT2D eigenvalue weighted by Gasteiger charge is 2.34. The molecule has 0 bridgehead atoms. The summed E-state index contributed by atoms with van der Waals surface area (Å²) in [5.74, 6) is -0.171. The topological polar surface area (TPSA) is 66.7 Å². The predicted octanol–water partition coefficient (Wildman–Crippen LogP) is 0.221. The van der Waals surface area contributed by atoms with Crippen molar-refractivity contribution in [1.82, 2.24) is 15.2 Å². The summed E-state index contributed by atoms with van der Waals surface area (Å²) in [4.78, 5) is 31.2. The second kappa shape index (κ2) is 7.27. The molecule has 2 amide bonds. The van der Waals surface area contributed by atoms with Crippen LogP contribution < -0.4 is 10.2 Å². The zero-order valence-corrected chi connectivity index (χ0v) is 14.9. The van der Waals surface area contributed by atoms with E-state index in [4.69, 9.17) is 4.98 Å². The molecule has 3 rings (SSSR count). The van der Waals surface area contributed by atoms with Gasteiger partial charge < -0.3 is 15.1 Å². The number of nitrogens with one attached hydrogen (secondary N) is 2. The number of rotatable bonds is 5. The first-order valence-corrected chi connectivity index (χ1v) is 9.03. The zero-order chi connectivity index (χ0) is 17.1. The van der Waals surface area contributed by atoms with E-state index < -0.39 is 0 Å². The average Bonchev–Trinajstić information content (AvgIpc) is 3.18. The number of likely N-dealkylation sites (tertiary alicyclic amines) is 1. The number of benzene rings is 1. The van der Waals surface area contributed by atoms with E-state index in [-0.39, 0.29) is 24.4 Å². The molecule has 24 heavy (non-hydrogen) atoms. The lowest BCUT2D eigenvalue weighted by Crippen LogP contribution is -3.11. The van der Waals surface area contributed by atoms with Gasteiger partial charge in [-0.3, -0.25) is 9.59 Å². The number of amides is 2. The Morgan fingerprint density at radius 1 is 1.38 bits per heavy atom. The fourth-order valence-electron chi connectivity index (χ4n) is 3.06. The summed E-state index contributed by atoms with van der Waals surface area (Å²) < 4.78 is 1.19. The SMILES string of the molecule is CN(C)C(=O)CNC(=O)C[NH+]1CCC[C@@H]1c1nc2ccccc2s1. The monoisotopic (exact) mass is 347 g/mol. The van der Waals surface area contributed by atoms with Crippen molar-refractivity contribution in [2.45, 2.75) is 18.9 Å². The van der Waals surface area contributed by atoms with E-state index in [1.165, 1.54) is 14.5 Å². The van der Waals surface area contributed by atoms with Crippen molar-refractivity contribution >= 4 is 33.4 Å². The zero-order valence-electron chi connectivity index (χ0n) is 14.0. The van der Waals surface area contributed by atoms with Crippen molar-refractivity contribution in [2.24, 2.45) is 0 Å². The number of carbonyl (C=O) groups is 2. The summed E-state index contributed by atoms with van der Waals surface area (Å²) in [6.45, 7) is 1.42. The van der Waals surface area contributed by atoms with Gasteiger partial charge in [0.25, 0.3) is 5.91 Å². The number of aromatic nitrogens is 1. The average molecular weight is 347 g/mol. The Bertz CT molecular complexity index is 710. The van der Waals surface area contributed by atoms with Crippen LogP contribution >= 0.6 is 11.3 Å². The van der Waals surface area contributed by atoms with Gasteiger partial charge >= 0.3 is 0 Å². The van der Waals surface area contributed by atoms with Crippen LogP contribution in [0.4, 0.5) is 0 Å². The molecule has 1 fully saturated rings. The van der Waals surface area contributed by atoms with Crippen LogP contribution in [0.15, 0.2) is 24.3 Å². The molecule has 2 N–H and O–H groups in total. The van der Waals surface area contributed by atoms with Gasteiger partial charge in [0.05, 0.1) is 23.3 Å². The standard InChI is InChI=1S/C17H22N4O2S/c1-20(2)16(23)10-18-15(22)11-21-9-5-7-13(21)17-19-12-6-3-4-8-14(12)24-17/h3-4,6,8,13H,5,7,9-11H2,1-2H3,(H,18,22)/p+1/t13-/m1/s1. The Morgan fingerprint density at radius 2 is 2.17 bits per heavy atom. The summed E-state index contributed by atoms with van der Waals surface area (Å²) in [6.07, 6.45) is 2.15. The Hall–Kier alpha value is -1.99. The van der Waals surface area contributed by atoms with Gasteiger partial charge in [-0.15, -0.1) is 11.3 Å². The van der Waals surface area contributed by atoms with Crippen LogP contribution in [0.25, 0.3) is 10.2 Å². The number of quaternary nitrogens is 1. The Morgan fingerprint density at radius 3 is 2.92 bits per heavy atom. The first-order chi connectivity index (χ1) is 11.5. The van der Waals surface area contributed by atoms with Crippen LogP contribution in [0.1, 0.15) is 23.9 Å². The third-order valence-corrected chi connectivity index (χ3v) is 5.57. The maximum absolute atomic E-state index is 12.2. The number of carbonyl (C=O) groups excluding carboxylic acids is 2. The van der Waals surface area contributed by atoms with Gasteiger partial charge in [0, 0.05) is 26.9 Å². The Balaban J connectivity index is 1.63. The molecular weight excluding hydrogens is 324 g/mol. The van der Waals surface area contributed by atoms with Gasteiger partial charge in [-0.1, -0.05) is 12.1 Å². The molecule has 128 valence electrons. The number of fused-ring (bicyclic) bond motifs is 1. The lowest BCUT2D eigenvalue weighted by molar-refractivity contribution is -0.910. The first kappa shape index (κ1) is 16.9. The molecule has 1 aromatic heterocycles. The van der Waals surface area contributed by atoms with Crippen LogP contribution in [-0.2, 0) is 9.59 Å². The van der Waals surface area contributed by atoms with Gasteiger partial charge in [0.2, 0.25) is 5.91 Å². The maximum atomic E-state index is 12.2. The van der Waals surface area contributed by atoms with Crippen molar-refractivity contribution in [1.29, 1.82) is 0 Å². The minimum absolute atomic E-state index is 0.0604.